The van der Waals surface area contributed by atoms with Crippen molar-refractivity contribution >= 4 is 0 Å². The molecule has 1 aromatic rings. The molecule has 0 amide bonds. The molecule has 1 aliphatic rings. The van der Waals surface area contributed by atoms with E-state index in [1.807, 2.05) is 32.0 Å². The highest BCUT2D eigenvalue weighted by atomic mass is 16.5. The fourth-order valence-corrected chi connectivity index (χ4v) is 2.99. The van der Waals surface area contributed by atoms with Gasteiger partial charge in [0.15, 0.2) is 11.5 Å². The van der Waals surface area contributed by atoms with E-state index in [1.165, 1.54) is 0 Å². The van der Waals surface area contributed by atoms with Crippen LogP contribution in [0.4, 0.5) is 0 Å². The minimum Gasteiger partial charge on any atom is -0.493 e. The molecule has 1 aliphatic heterocycles. The van der Waals surface area contributed by atoms with Crippen molar-refractivity contribution < 1.29 is 19.3 Å². The number of nitrogens with zero attached hydrogens (tertiary/aromatic N) is 1. The van der Waals surface area contributed by atoms with Gasteiger partial charge in [-0.25, -0.2) is 0 Å². The average molecular weight is 337 g/mol. The standard InChI is InChI=1S/C19H31NO4/c1-14(2)17(21)13-20(12-16-6-5-9-24-16)11-15-7-8-18(22-3)19(10-15)23-4/h7-8,10,14,16-17,21H,5-6,9,11-13H2,1-4H3. The lowest BCUT2D eigenvalue weighted by Crippen LogP contribution is -2.39. The molecule has 0 saturated carbocycles. The maximum atomic E-state index is 10.3. The van der Waals surface area contributed by atoms with Crippen LogP contribution >= 0.6 is 0 Å². The van der Waals surface area contributed by atoms with Crippen molar-refractivity contribution in [2.75, 3.05) is 33.9 Å². The highest BCUT2D eigenvalue weighted by Crippen LogP contribution is 2.28. The zero-order valence-electron chi connectivity index (χ0n) is 15.3. The number of ether oxygens (including phenoxy) is 3. The molecule has 0 spiro atoms. The molecular formula is C19H31NO4. The van der Waals surface area contributed by atoms with Crippen LogP contribution in [-0.2, 0) is 11.3 Å². The topological polar surface area (TPSA) is 51.2 Å². The summed E-state index contributed by atoms with van der Waals surface area (Å²) in [6.07, 6.45) is 2.15. The molecule has 1 N–H and O–H groups in total. The number of benzene rings is 1. The van der Waals surface area contributed by atoms with Crippen LogP contribution in [0.1, 0.15) is 32.3 Å². The predicted molar refractivity (Wildman–Crippen MR) is 94.6 cm³/mol. The van der Waals surface area contributed by atoms with Crippen LogP contribution in [0.2, 0.25) is 0 Å². The summed E-state index contributed by atoms with van der Waals surface area (Å²) in [4.78, 5) is 2.28. The first kappa shape index (κ1) is 19.0. The van der Waals surface area contributed by atoms with Crippen molar-refractivity contribution in [3.8, 4) is 11.5 Å². The second-order valence-corrected chi connectivity index (χ2v) is 6.83. The van der Waals surface area contributed by atoms with Crippen LogP contribution in [0.15, 0.2) is 18.2 Å². The molecule has 1 saturated heterocycles. The van der Waals surface area contributed by atoms with Gasteiger partial charge in [0.25, 0.3) is 0 Å². The summed E-state index contributed by atoms with van der Waals surface area (Å²) in [6.45, 7) is 7.19. The third kappa shape index (κ3) is 5.36. The van der Waals surface area contributed by atoms with Gasteiger partial charge in [0.05, 0.1) is 26.4 Å². The van der Waals surface area contributed by atoms with Crippen LogP contribution in [0.25, 0.3) is 0 Å². The van der Waals surface area contributed by atoms with Crippen LogP contribution in [-0.4, -0.2) is 56.1 Å². The summed E-state index contributed by atoms with van der Waals surface area (Å²) in [5, 5.41) is 10.3. The van der Waals surface area contributed by atoms with Gasteiger partial charge < -0.3 is 19.3 Å². The summed E-state index contributed by atoms with van der Waals surface area (Å²) < 4.78 is 16.5. The van der Waals surface area contributed by atoms with E-state index in [2.05, 4.69) is 4.90 Å². The van der Waals surface area contributed by atoms with E-state index in [1.54, 1.807) is 14.2 Å². The lowest BCUT2D eigenvalue weighted by molar-refractivity contribution is 0.0330. The average Bonchev–Trinajstić information content (AvgIpc) is 3.07. The maximum Gasteiger partial charge on any atom is 0.161 e. The first-order valence-corrected chi connectivity index (χ1v) is 8.76. The van der Waals surface area contributed by atoms with Crippen molar-refractivity contribution in [2.45, 2.75) is 45.4 Å². The Morgan fingerprint density at radius 3 is 2.58 bits per heavy atom. The molecule has 2 unspecified atom stereocenters. The number of hydrogen-bond acceptors (Lipinski definition) is 5. The highest BCUT2D eigenvalue weighted by Gasteiger charge is 2.22. The summed E-state index contributed by atoms with van der Waals surface area (Å²) in [6, 6.07) is 5.98. The van der Waals surface area contributed by atoms with Crippen molar-refractivity contribution in [3.05, 3.63) is 23.8 Å². The number of methoxy groups -OCH3 is 2. The van der Waals surface area contributed by atoms with E-state index >= 15 is 0 Å². The third-order valence-corrected chi connectivity index (χ3v) is 4.55. The van der Waals surface area contributed by atoms with Gasteiger partial charge in [-0.3, -0.25) is 4.90 Å². The number of aliphatic hydroxyl groups is 1. The third-order valence-electron chi connectivity index (χ3n) is 4.55. The van der Waals surface area contributed by atoms with Crippen LogP contribution < -0.4 is 9.47 Å². The van der Waals surface area contributed by atoms with Crippen molar-refractivity contribution in [3.63, 3.8) is 0 Å². The molecule has 0 radical (unpaired) electrons. The van der Waals surface area contributed by atoms with Gasteiger partial charge in [-0.05, 0) is 36.5 Å². The van der Waals surface area contributed by atoms with Gasteiger partial charge in [0, 0.05) is 26.2 Å². The SMILES string of the molecule is COc1ccc(CN(CC2CCCO2)CC(O)C(C)C)cc1OC. The fraction of sp³-hybridized carbons (Fsp3) is 0.684. The molecular weight excluding hydrogens is 306 g/mol. The Labute approximate surface area is 145 Å². The Hall–Kier alpha value is -1.30. The lowest BCUT2D eigenvalue weighted by Gasteiger charge is -2.29. The van der Waals surface area contributed by atoms with Crippen molar-refractivity contribution in [1.82, 2.24) is 4.90 Å². The zero-order valence-corrected chi connectivity index (χ0v) is 15.3. The zero-order chi connectivity index (χ0) is 17.5. The van der Waals surface area contributed by atoms with E-state index in [0.29, 0.717) is 6.54 Å². The molecule has 1 fully saturated rings. The quantitative estimate of drug-likeness (QED) is 0.751. The molecule has 1 heterocycles. The Morgan fingerprint density at radius 2 is 2.00 bits per heavy atom. The second-order valence-electron chi connectivity index (χ2n) is 6.83. The van der Waals surface area contributed by atoms with Gasteiger partial charge in [-0.1, -0.05) is 19.9 Å². The normalized spacial score (nSPS) is 19.0. The fourth-order valence-electron chi connectivity index (χ4n) is 2.99. The molecule has 5 heteroatoms. The number of aliphatic hydroxyl groups excluding tert-OH is 1. The lowest BCUT2D eigenvalue weighted by atomic mass is 10.1. The molecule has 136 valence electrons. The largest absolute Gasteiger partial charge is 0.493 e. The molecule has 0 aromatic heterocycles. The highest BCUT2D eigenvalue weighted by molar-refractivity contribution is 5.42. The van der Waals surface area contributed by atoms with E-state index in [-0.39, 0.29) is 18.1 Å². The smallest absolute Gasteiger partial charge is 0.161 e. The summed E-state index contributed by atoms with van der Waals surface area (Å²) in [7, 11) is 3.29. The molecule has 2 rings (SSSR count). The minimum absolute atomic E-state index is 0.238. The summed E-state index contributed by atoms with van der Waals surface area (Å²) in [5.74, 6) is 1.70. The van der Waals surface area contributed by atoms with Gasteiger partial charge in [-0.2, -0.15) is 0 Å². The van der Waals surface area contributed by atoms with Crippen LogP contribution in [0.3, 0.4) is 0 Å². The first-order chi connectivity index (χ1) is 11.5. The Bertz CT molecular complexity index is 496. The molecule has 24 heavy (non-hydrogen) atoms. The number of rotatable bonds is 9. The molecule has 5 nitrogen and oxygen atoms in total. The number of hydrogen-bond donors (Lipinski definition) is 1. The van der Waals surface area contributed by atoms with E-state index in [9.17, 15) is 5.11 Å². The molecule has 2 atom stereocenters. The van der Waals surface area contributed by atoms with E-state index < -0.39 is 0 Å². The Balaban J connectivity index is 2.07. The van der Waals surface area contributed by atoms with Crippen LogP contribution in [0, 0.1) is 5.92 Å². The van der Waals surface area contributed by atoms with Gasteiger partial charge in [-0.15, -0.1) is 0 Å². The summed E-state index contributed by atoms with van der Waals surface area (Å²) >= 11 is 0. The van der Waals surface area contributed by atoms with Crippen LogP contribution in [0.5, 0.6) is 11.5 Å². The Kier molecular flexibility index (Phi) is 7.34. The van der Waals surface area contributed by atoms with Gasteiger partial charge in [0.1, 0.15) is 0 Å². The second kappa shape index (κ2) is 9.25. The van der Waals surface area contributed by atoms with Crippen molar-refractivity contribution in [2.24, 2.45) is 5.92 Å². The molecule has 0 bridgehead atoms. The summed E-state index contributed by atoms with van der Waals surface area (Å²) in [5.41, 5.74) is 1.14. The van der Waals surface area contributed by atoms with Gasteiger partial charge in [0.2, 0.25) is 0 Å². The monoisotopic (exact) mass is 337 g/mol. The minimum atomic E-state index is -0.341. The predicted octanol–water partition coefficient (Wildman–Crippen LogP) is 2.70. The maximum absolute atomic E-state index is 10.3. The van der Waals surface area contributed by atoms with Gasteiger partial charge >= 0.3 is 0 Å². The first-order valence-electron chi connectivity index (χ1n) is 8.76. The molecule has 1 aromatic carbocycles. The molecule has 0 aliphatic carbocycles. The van der Waals surface area contributed by atoms with Crippen molar-refractivity contribution in [1.29, 1.82) is 0 Å². The van der Waals surface area contributed by atoms with E-state index in [0.717, 1.165) is 49.6 Å². The Morgan fingerprint density at radius 1 is 1.25 bits per heavy atom. The van der Waals surface area contributed by atoms with E-state index in [4.69, 9.17) is 14.2 Å².